The van der Waals surface area contributed by atoms with Gasteiger partial charge in [-0.2, -0.15) is 0 Å². The molecule has 2 atom stereocenters. The lowest BCUT2D eigenvalue weighted by atomic mass is 9.97. The van der Waals surface area contributed by atoms with Crippen molar-refractivity contribution in [3.05, 3.63) is 35.9 Å². The summed E-state index contributed by atoms with van der Waals surface area (Å²) in [6, 6.07) is 10.5. The Bertz CT molecular complexity index is 377. The summed E-state index contributed by atoms with van der Waals surface area (Å²) < 4.78 is 0. The van der Waals surface area contributed by atoms with Gasteiger partial charge in [0.1, 0.15) is 0 Å². The van der Waals surface area contributed by atoms with Crippen LogP contribution in [0.3, 0.4) is 0 Å². The molecule has 2 N–H and O–H groups in total. The van der Waals surface area contributed by atoms with Gasteiger partial charge in [-0.05, 0) is 30.9 Å². The monoisotopic (exact) mass is 246 g/mol. The predicted molar refractivity (Wildman–Crippen MR) is 73.3 cm³/mol. The molecule has 0 radical (unpaired) electrons. The van der Waals surface area contributed by atoms with Crippen molar-refractivity contribution in [1.82, 2.24) is 10.6 Å². The number of rotatable bonds is 4. The minimum absolute atomic E-state index is 0.166. The number of carbonyl (C=O) groups excluding carboxylic acids is 1. The van der Waals surface area contributed by atoms with Crippen LogP contribution in [0.2, 0.25) is 0 Å². The lowest BCUT2D eigenvalue weighted by molar-refractivity contribution is -0.121. The molecule has 1 saturated heterocycles. The number of aryl methyl sites for hydroxylation is 1. The summed E-state index contributed by atoms with van der Waals surface area (Å²) in [7, 11) is 0. The molecule has 0 saturated carbocycles. The number of carbonyl (C=O) groups is 1. The lowest BCUT2D eigenvalue weighted by Crippen LogP contribution is -2.48. The van der Waals surface area contributed by atoms with Crippen molar-refractivity contribution in [3.8, 4) is 0 Å². The zero-order valence-corrected chi connectivity index (χ0v) is 11.0. The van der Waals surface area contributed by atoms with Crippen LogP contribution >= 0.6 is 0 Å². The second-order valence-electron chi connectivity index (χ2n) is 5.25. The van der Waals surface area contributed by atoms with Crippen molar-refractivity contribution in [2.45, 2.75) is 32.2 Å². The highest BCUT2D eigenvalue weighted by Gasteiger charge is 2.19. The normalized spacial score (nSPS) is 23.6. The van der Waals surface area contributed by atoms with Crippen LogP contribution in [0.5, 0.6) is 0 Å². The van der Waals surface area contributed by atoms with Crippen molar-refractivity contribution in [2.24, 2.45) is 5.92 Å². The first-order valence-electron chi connectivity index (χ1n) is 6.78. The zero-order chi connectivity index (χ0) is 12.8. The second kappa shape index (κ2) is 6.55. The Kier molecular flexibility index (Phi) is 4.76. The zero-order valence-electron chi connectivity index (χ0n) is 11.0. The topological polar surface area (TPSA) is 41.1 Å². The van der Waals surface area contributed by atoms with Crippen molar-refractivity contribution >= 4 is 5.91 Å². The fraction of sp³-hybridized carbons (Fsp3) is 0.533. The SMILES string of the molecule is CC1CNCC(NC(=O)CCc2ccccc2)C1. The molecule has 0 bridgehead atoms. The molecule has 1 aliphatic rings. The van der Waals surface area contributed by atoms with Gasteiger partial charge in [0.2, 0.25) is 5.91 Å². The maximum Gasteiger partial charge on any atom is 0.220 e. The first-order chi connectivity index (χ1) is 8.74. The number of hydrogen-bond donors (Lipinski definition) is 2. The Hall–Kier alpha value is -1.35. The Morgan fingerprint density at radius 1 is 1.33 bits per heavy atom. The van der Waals surface area contributed by atoms with Crippen LogP contribution in [0.15, 0.2) is 30.3 Å². The van der Waals surface area contributed by atoms with Gasteiger partial charge in [-0.3, -0.25) is 4.79 Å². The third-order valence-corrected chi connectivity index (χ3v) is 3.42. The van der Waals surface area contributed by atoms with E-state index in [0.717, 1.165) is 25.9 Å². The van der Waals surface area contributed by atoms with Crippen LogP contribution < -0.4 is 10.6 Å². The number of benzene rings is 1. The summed E-state index contributed by atoms with van der Waals surface area (Å²) in [6.45, 7) is 4.19. The van der Waals surface area contributed by atoms with Crippen LogP contribution in [0, 0.1) is 5.92 Å². The summed E-state index contributed by atoms with van der Waals surface area (Å²) in [5.41, 5.74) is 1.22. The van der Waals surface area contributed by atoms with Gasteiger partial charge in [0.05, 0.1) is 0 Å². The predicted octanol–water partition coefficient (Wildman–Crippen LogP) is 1.73. The molecule has 3 nitrogen and oxygen atoms in total. The molecule has 1 aromatic rings. The lowest BCUT2D eigenvalue weighted by Gasteiger charge is -2.28. The molecule has 2 rings (SSSR count). The van der Waals surface area contributed by atoms with Crippen molar-refractivity contribution in [1.29, 1.82) is 0 Å². The van der Waals surface area contributed by atoms with Gasteiger partial charge in [-0.15, -0.1) is 0 Å². The van der Waals surface area contributed by atoms with E-state index in [1.54, 1.807) is 0 Å². The van der Waals surface area contributed by atoms with Crippen molar-refractivity contribution < 1.29 is 4.79 Å². The summed E-state index contributed by atoms with van der Waals surface area (Å²) in [5, 5.41) is 6.47. The molecule has 2 unspecified atom stereocenters. The molecule has 1 fully saturated rings. The quantitative estimate of drug-likeness (QED) is 0.849. The molecule has 0 spiro atoms. The second-order valence-corrected chi connectivity index (χ2v) is 5.25. The molecule has 0 aliphatic carbocycles. The highest BCUT2D eigenvalue weighted by atomic mass is 16.1. The van der Waals surface area contributed by atoms with E-state index in [0.29, 0.717) is 18.4 Å². The van der Waals surface area contributed by atoms with Crippen molar-refractivity contribution in [3.63, 3.8) is 0 Å². The molecular formula is C15H22N2O. The van der Waals surface area contributed by atoms with Gasteiger partial charge >= 0.3 is 0 Å². The summed E-state index contributed by atoms with van der Waals surface area (Å²) >= 11 is 0. The first kappa shape index (κ1) is 13.1. The molecular weight excluding hydrogens is 224 g/mol. The van der Waals surface area contributed by atoms with Gasteiger partial charge in [-0.1, -0.05) is 37.3 Å². The van der Waals surface area contributed by atoms with Crippen LogP contribution in [-0.2, 0) is 11.2 Å². The van der Waals surface area contributed by atoms with Gasteiger partial charge < -0.3 is 10.6 Å². The number of piperidine rings is 1. The van der Waals surface area contributed by atoms with E-state index in [-0.39, 0.29) is 5.91 Å². The molecule has 18 heavy (non-hydrogen) atoms. The largest absolute Gasteiger partial charge is 0.352 e. The summed E-state index contributed by atoms with van der Waals surface area (Å²) in [6.07, 6.45) is 2.49. The molecule has 98 valence electrons. The van der Waals surface area contributed by atoms with E-state index in [1.807, 2.05) is 18.2 Å². The summed E-state index contributed by atoms with van der Waals surface area (Å²) in [4.78, 5) is 11.9. The van der Waals surface area contributed by atoms with Crippen LogP contribution in [-0.4, -0.2) is 25.0 Å². The van der Waals surface area contributed by atoms with Crippen molar-refractivity contribution in [2.75, 3.05) is 13.1 Å². The van der Waals surface area contributed by atoms with Gasteiger partial charge in [0, 0.05) is 19.0 Å². The van der Waals surface area contributed by atoms with Crippen LogP contribution in [0.4, 0.5) is 0 Å². The third-order valence-electron chi connectivity index (χ3n) is 3.42. The Labute approximate surface area is 109 Å². The maximum atomic E-state index is 11.9. The standard InChI is InChI=1S/C15H22N2O/c1-12-9-14(11-16-10-12)17-15(18)8-7-13-5-3-2-4-6-13/h2-6,12,14,16H,7-11H2,1H3,(H,17,18). The molecule has 0 aromatic heterocycles. The van der Waals surface area contributed by atoms with Gasteiger partial charge in [-0.25, -0.2) is 0 Å². The van der Waals surface area contributed by atoms with Crippen LogP contribution in [0.1, 0.15) is 25.3 Å². The Morgan fingerprint density at radius 3 is 2.83 bits per heavy atom. The Morgan fingerprint density at radius 2 is 2.11 bits per heavy atom. The van der Waals surface area contributed by atoms with E-state index in [2.05, 4.69) is 29.7 Å². The molecule has 1 heterocycles. The third kappa shape index (κ3) is 4.15. The van der Waals surface area contributed by atoms with E-state index in [4.69, 9.17) is 0 Å². The molecule has 1 aliphatic heterocycles. The fourth-order valence-corrected chi connectivity index (χ4v) is 2.47. The van der Waals surface area contributed by atoms with Crippen LogP contribution in [0.25, 0.3) is 0 Å². The minimum Gasteiger partial charge on any atom is -0.352 e. The van der Waals surface area contributed by atoms with E-state index in [1.165, 1.54) is 5.56 Å². The average molecular weight is 246 g/mol. The first-order valence-corrected chi connectivity index (χ1v) is 6.78. The molecule has 3 heteroatoms. The Balaban J connectivity index is 1.72. The number of hydrogen-bond acceptors (Lipinski definition) is 2. The average Bonchev–Trinajstić information content (AvgIpc) is 2.38. The van der Waals surface area contributed by atoms with Gasteiger partial charge in [0.15, 0.2) is 0 Å². The van der Waals surface area contributed by atoms with E-state index < -0.39 is 0 Å². The van der Waals surface area contributed by atoms with Gasteiger partial charge in [0.25, 0.3) is 0 Å². The highest BCUT2D eigenvalue weighted by molar-refractivity contribution is 5.76. The van der Waals surface area contributed by atoms with E-state index in [9.17, 15) is 4.79 Å². The smallest absolute Gasteiger partial charge is 0.220 e. The fourth-order valence-electron chi connectivity index (χ4n) is 2.47. The maximum absolute atomic E-state index is 11.9. The van der Waals surface area contributed by atoms with E-state index >= 15 is 0 Å². The summed E-state index contributed by atoms with van der Waals surface area (Å²) in [5.74, 6) is 0.818. The number of amides is 1. The molecule has 1 amide bonds. The minimum atomic E-state index is 0.166. The molecule has 1 aromatic carbocycles. The highest BCUT2D eigenvalue weighted by Crippen LogP contribution is 2.10. The number of nitrogens with one attached hydrogen (secondary N) is 2.